The fourth-order valence-electron chi connectivity index (χ4n) is 1.43. The molecule has 1 amide bonds. The molecule has 0 aliphatic heterocycles. The van der Waals surface area contributed by atoms with Crippen LogP contribution in [0.3, 0.4) is 0 Å². The first-order chi connectivity index (χ1) is 7.56. The van der Waals surface area contributed by atoms with E-state index >= 15 is 0 Å². The van der Waals surface area contributed by atoms with E-state index < -0.39 is 0 Å². The van der Waals surface area contributed by atoms with E-state index in [1.807, 2.05) is 7.05 Å². The van der Waals surface area contributed by atoms with Gasteiger partial charge in [0.25, 0.3) is 5.91 Å². The maximum Gasteiger partial charge on any atom is 0.256 e. The molecule has 0 fully saturated rings. The van der Waals surface area contributed by atoms with Gasteiger partial charge in [0.2, 0.25) is 0 Å². The van der Waals surface area contributed by atoms with E-state index in [2.05, 4.69) is 34.8 Å². The van der Waals surface area contributed by atoms with Crippen LogP contribution in [0.25, 0.3) is 0 Å². The Morgan fingerprint density at radius 2 is 2.31 bits per heavy atom. The summed E-state index contributed by atoms with van der Waals surface area (Å²) >= 11 is 3.29. The van der Waals surface area contributed by atoms with Crippen molar-refractivity contribution in [1.82, 2.24) is 9.88 Å². The first-order valence-corrected chi connectivity index (χ1v) is 6.21. The van der Waals surface area contributed by atoms with Gasteiger partial charge in [-0.2, -0.15) is 0 Å². The van der Waals surface area contributed by atoms with Gasteiger partial charge in [-0.15, -0.1) is 0 Å². The minimum absolute atomic E-state index is 0.0141. The molecule has 0 N–H and O–H groups in total. The van der Waals surface area contributed by atoms with Gasteiger partial charge in [-0.25, -0.2) is 4.98 Å². The fourth-order valence-corrected chi connectivity index (χ4v) is 1.85. The lowest BCUT2D eigenvalue weighted by Crippen LogP contribution is -2.31. The first-order valence-electron chi connectivity index (χ1n) is 5.42. The van der Waals surface area contributed by atoms with E-state index in [1.165, 1.54) is 0 Å². The molecule has 0 spiro atoms. The highest BCUT2D eigenvalue weighted by Crippen LogP contribution is 2.15. The van der Waals surface area contributed by atoms with Gasteiger partial charge < -0.3 is 4.90 Å². The van der Waals surface area contributed by atoms with Gasteiger partial charge in [-0.05, 0) is 34.0 Å². The van der Waals surface area contributed by atoms with Crippen molar-refractivity contribution >= 4 is 21.8 Å². The molecular weight excluding hydrogens is 268 g/mol. The lowest BCUT2D eigenvalue weighted by Gasteiger charge is -2.21. The Morgan fingerprint density at radius 3 is 2.88 bits per heavy atom. The summed E-state index contributed by atoms with van der Waals surface area (Å²) in [5.74, 6) is 0.532. The number of amides is 1. The summed E-state index contributed by atoms with van der Waals surface area (Å²) in [5.41, 5.74) is 0.619. The van der Waals surface area contributed by atoms with E-state index in [-0.39, 0.29) is 5.91 Å². The second-order valence-electron chi connectivity index (χ2n) is 4.04. The highest BCUT2D eigenvalue weighted by Gasteiger charge is 2.16. The van der Waals surface area contributed by atoms with Gasteiger partial charge in [0.15, 0.2) is 0 Å². The van der Waals surface area contributed by atoms with Crippen LogP contribution in [0.4, 0.5) is 0 Å². The summed E-state index contributed by atoms with van der Waals surface area (Å²) in [7, 11) is 1.83. The molecule has 1 heterocycles. The van der Waals surface area contributed by atoms with E-state index in [0.717, 1.165) is 13.0 Å². The Balaban J connectivity index is 2.75. The third-order valence-electron chi connectivity index (χ3n) is 2.62. The summed E-state index contributed by atoms with van der Waals surface area (Å²) in [6.07, 6.45) is 2.74. The zero-order chi connectivity index (χ0) is 12.1. The van der Waals surface area contributed by atoms with Gasteiger partial charge in [0.05, 0.1) is 5.56 Å². The standard InChI is InChI=1S/C12H17BrN2O/c1-4-9(2)8-15(3)12(16)10-6-5-7-14-11(10)13/h5-7,9H,4,8H2,1-3H3. The zero-order valence-electron chi connectivity index (χ0n) is 9.90. The molecule has 0 saturated carbocycles. The summed E-state index contributed by atoms with van der Waals surface area (Å²) < 4.78 is 0.607. The molecule has 1 aromatic rings. The monoisotopic (exact) mass is 284 g/mol. The van der Waals surface area contributed by atoms with E-state index in [9.17, 15) is 4.79 Å². The molecular formula is C12H17BrN2O. The molecule has 0 aromatic carbocycles. The predicted octanol–water partition coefficient (Wildman–Crippen LogP) is 2.96. The minimum atomic E-state index is 0.0141. The summed E-state index contributed by atoms with van der Waals surface area (Å²) in [4.78, 5) is 17.9. The van der Waals surface area contributed by atoms with Crippen LogP contribution in [0.1, 0.15) is 30.6 Å². The van der Waals surface area contributed by atoms with Crippen molar-refractivity contribution in [2.24, 2.45) is 5.92 Å². The molecule has 16 heavy (non-hydrogen) atoms. The van der Waals surface area contributed by atoms with Gasteiger partial charge in [0, 0.05) is 19.8 Å². The van der Waals surface area contributed by atoms with Crippen molar-refractivity contribution in [3.63, 3.8) is 0 Å². The molecule has 1 aromatic heterocycles. The van der Waals surface area contributed by atoms with Crippen LogP contribution in [-0.4, -0.2) is 29.4 Å². The van der Waals surface area contributed by atoms with Gasteiger partial charge >= 0.3 is 0 Å². The molecule has 0 aliphatic rings. The number of pyridine rings is 1. The molecule has 3 nitrogen and oxygen atoms in total. The van der Waals surface area contributed by atoms with Gasteiger partial charge in [0.1, 0.15) is 4.60 Å². The number of carbonyl (C=O) groups is 1. The van der Waals surface area contributed by atoms with Crippen molar-refractivity contribution in [2.75, 3.05) is 13.6 Å². The Bertz CT molecular complexity index is 368. The van der Waals surface area contributed by atoms with Crippen molar-refractivity contribution in [2.45, 2.75) is 20.3 Å². The Kier molecular flexibility index (Phi) is 4.93. The normalized spacial score (nSPS) is 12.2. The molecule has 1 unspecified atom stereocenters. The minimum Gasteiger partial charge on any atom is -0.341 e. The van der Waals surface area contributed by atoms with Crippen LogP contribution in [-0.2, 0) is 0 Å². The van der Waals surface area contributed by atoms with Crippen LogP contribution >= 0.6 is 15.9 Å². The molecule has 0 bridgehead atoms. The van der Waals surface area contributed by atoms with Crippen molar-refractivity contribution in [3.8, 4) is 0 Å². The topological polar surface area (TPSA) is 33.2 Å². The molecule has 1 rings (SSSR count). The van der Waals surface area contributed by atoms with Gasteiger partial charge in [-0.3, -0.25) is 4.79 Å². The maximum atomic E-state index is 12.1. The second-order valence-corrected chi connectivity index (χ2v) is 4.79. The summed E-state index contributed by atoms with van der Waals surface area (Å²) in [5, 5.41) is 0. The van der Waals surface area contributed by atoms with Crippen LogP contribution in [0.2, 0.25) is 0 Å². The molecule has 4 heteroatoms. The number of carbonyl (C=O) groups excluding carboxylic acids is 1. The zero-order valence-corrected chi connectivity index (χ0v) is 11.5. The number of hydrogen-bond acceptors (Lipinski definition) is 2. The molecule has 0 radical (unpaired) electrons. The molecule has 88 valence electrons. The van der Waals surface area contributed by atoms with Crippen molar-refractivity contribution in [3.05, 3.63) is 28.5 Å². The number of rotatable bonds is 4. The number of aromatic nitrogens is 1. The quantitative estimate of drug-likeness (QED) is 0.797. The number of hydrogen-bond donors (Lipinski definition) is 0. The average Bonchev–Trinajstić information content (AvgIpc) is 2.28. The largest absolute Gasteiger partial charge is 0.341 e. The number of halogens is 1. The summed E-state index contributed by atoms with van der Waals surface area (Å²) in [6.45, 7) is 5.04. The van der Waals surface area contributed by atoms with Crippen molar-refractivity contribution in [1.29, 1.82) is 0 Å². The third kappa shape index (κ3) is 3.30. The second kappa shape index (κ2) is 5.99. The van der Waals surface area contributed by atoms with Crippen LogP contribution < -0.4 is 0 Å². The predicted molar refractivity (Wildman–Crippen MR) is 68.4 cm³/mol. The van der Waals surface area contributed by atoms with Crippen molar-refractivity contribution < 1.29 is 4.79 Å². The molecule has 0 saturated heterocycles. The lowest BCUT2D eigenvalue weighted by atomic mass is 10.1. The Morgan fingerprint density at radius 1 is 1.62 bits per heavy atom. The Hall–Kier alpha value is -0.900. The van der Waals surface area contributed by atoms with E-state index in [1.54, 1.807) is 23.2 Å². The Labute approximate surface area is 105 Å². The number of nitrogens with zero attached hydrogens (tertiary/aromatic N) is 2. The van der Waals surface area contributed by atoms with E-state index in [4.69, 9.17) is 0 Å². The lowest BCUT2D eigenvalue weighted by molar-refractivity contribution is 0.0773. The van der Waals surface area contributed by atoms with Crippen LogP contribution in [0.5, 0.6) is 0 Å². The smallest absolute Gasteiger partial charge is 0.256 e. The third-order valence-corrected chi connectivity index (χ3v) is 3.25. The highest BCUT2D eigenvalue weighted by atomic mass is 79.9. The molecule has 1 atom stereocenters. The SMILES string of the molecule is CCC(C)CN(C)C(=O)c1cccnc1Br. The molecule has 0 aliphatic carbocycles. The highest BCUT2D eigenvalue weighted by molar-refractivity contribution is 9.10. The first kappa shape index (κ1) is 13.2. The van der Waals surface area contributed by atoms with Crippen LogP contribution in [0.15, 0.2) is 22.9 Å². The maximum absolute atomic E-state index is 12.1. The van der Waals surface area contributed by atoms with Gasteiger partial charge in [-0.1, -0.05) is 20.3 Å². The fraction of sp³-hybridized carbons (Fsp3) is 0.500. The van der Waals surface area contributed by atoms with E-state index in [0.29, 0.717) is 16.1 Å². The van der Waals surface area contributed by atoms with Crippen LogP contribution in [0, 0.1) is 5.92 Å². The average molecular weight is 285 g/mol. The summed E-state index contributed by atoms with van der Waals surface area (Å²) in [6, 6.07) is 3.56.